The van der Waals surface area contributed by atoms with Crippen LogP contribution < -0.4 is 11.2 Å². The molecular weight excluding hydrogens is 134 g/mol. The third kappa shape index (κ3) is 1.73. The number of aromatic nitrogens is 1. The molecule has 0 fully saturated rings. The van der Waals surface area contributed by atoms with E-state index in [4.69, 9.17) is 5.73 Å². The van der Waals surface area contributed by atoms with Crippen molar-refractivity contribution in [2.75, 3.05) is 5.43 Å². The van der Waals surface area contributed by atoms with Gasteiger partial charge in [-0.2, -0.15) is 0 Å². The first-order chi connectivity index (χ1) is 4.29. The number of hydrogen-bond donors (Lipinski definition) is 1. The molecule has 0 atom stereocenters. The summed E-state index contributed by atoms with van der Waals surface area (Å²) in [6.45, 7) is 0. The lowest BCUT2D eigenvalue weighted by Crippen LogP contribution is -2.19. The lowest BCUT2D eigenvalue weighted by atomic mass is 10.7. The molecule has 0 bridgehead atoms. The first-order valence-electron chi connectivity index (χ1n) is 2.44. The van der Waals surface area contributed by atoms with Crippen molar-refractivity contribution in [2.24, 2.45) is 0 Å². The van der Waals surface area contributed by atoms with Crippen LogP contribution >= 0.6 is 12.2 Å². The highest BCUT2D eigenvalue weighted by Crippen LogP contribution is 1.83. The first-order valence-corrected chi connectivity index (χ1v) is 2.85. The fraction of sp³-hybridized carbons (Fsp3) is 0. The minimum atomic E-state index is 0.0196. The van der Waals surface area contributed by atoms with Crippen molar-refractivity contribution in [3.05, 3.63) is 24.5 Å². The van der Waals surface area contributed by atoms with Gasteiger partial charge < -0.3 is 0 Å². The largest absolute Gasteiger partial charge is 0.273 e. The first kappa shape index (κ1) is 6.10. The van der Waals surface area contributed by atoms with Crippen LogP contribution in [0.15, 0.2) is 24.5 Å². The van der Waals surface area contributed by atoms with E-state index in [9.17, 15) is 0 Å². The van der Waals surface area contributed by atoms with Crippen molar-refractivity contribution < 1.29 is 0 Å². The van der Waals surface area contributed by atoms with Gasteiger partial charge in [0.1, 0.15) is 0 Å². The van der Waals surface area contributed by atoms with E-state index >= 15 is 0 Å². The van der Waals surface area contributed by atoms with Crippen molar-refractivity contribution in [1.29, 1.82) is 0 Å². The summed E-state index contributed by atoms with van der Waals surface area (Å²) in [6, 6.07) is 3.70. The zero-order valence-corrected chi connectivity index (χ0v) is 5.48. The summed E-state index contributed by atoms with van der Waals surface area (Å²) < 4.78 is 1.62. The Hall–Kier alpha value is -1.03. The average Bonchev–Trinajstić information content (AvgIpc) is 2.15. The molecule has 1 aromatic rings. The normalized spacial score (nSPS) is 8.89. The maximum atomic E-state index is 6.85. The van der Waals surface area contributed by atoms with Crippen LogP contribution in [0, 0.1) is 0 Å². The van der Waals surface area contributed by atoms with Gasteiger partial charge in [-0.3, -0.25) is 15.8 Å². The van der Waals surface area contributed by atoms with E-state index in [-0.39, 0.29) is 5.11 Å². The van der Waals surface area contributed by atoms with E-state index < -0.39 is 0 Å². The van der Waals surface area contributed by atoms with Gasteiger partial charge in [0, 0.05) is 12.4 Å². The van der Waals surface area contributed by atoms with Gasteiger partial charge in [-0.1, -0.05) is 0 Å². The smallest absolute Gasteiger partial charge is 0.204 e. The van der Waals surface area contributed by atoms with Crippen molar-refractivity contribution in [2.45, 2.75) is 0 Å². The second-order valence-electron chi connectivity index (χ2n) is 1.53. The maximum absolute atomic E-state index is 6.85. The molecule has 3 nitrogen and oxygen atoms in total. The molecule has 9 heavy (non-hydrogen) atoms. The predicted molar refractivity (Wildman–Crippen MR) is 39.5 cm³/mol. The van der Waals surface area contributed by atoms with E-state index in [2.05, 4.69) is 17.6 Å². The molecule has 2 N–H and O–H groups in total. The molecule has 1 aromatic heterocycles. The summed E-state index contributed by atoms with van der Waals surface area (Å²) in [5, 5.41) is 0.0196. The Bertz CT molecular complexity index is 192. The molecule has 0 aliphatic carbocycles. The van der Waals surface area contributed by atoms with Crippen molar-refractivity contribution in [1.82, 2.24) is 10.4 Å². The highest BCUT2D eigenvalue weighted by molar-refractivity contribution is 7.80. The standard InChI is InChI=1S/C5H6N3S/c6-5(9)7-8-3-1-2-4-8/h1-4,6H,(H,7,9). The summed E-state index contributed by atoms with van der Waals surface area (Å²) in [5.74, 6) is 0. The highest BCUT2D eigenvalue weighted by atomic mass is 32.1. The van der Waals surface area contributed by atoms with Gasteiger partial charge in [0.05, 0.1) is 0 Å². The molecule has 1 rings (SSSR count). The van der Waals surface area contributed by atoms with Gasteiger partial charge in [0.2, 0.25) is 5.11 Å². The molecule has 0 aromatic carbocycles. The molecule has 1 radical (unpaired) electrons. The lowest BCUT2D eigenvalue weighted by molar-refractivity contribution is 0.990. The maximum Gasteiger partial charge on any atom is 0.204 e. The molecule has 0 unspecified atom stereocenters. The Morgan fingerprint density at radius 3 is 2.44 bits per heavy atom. The number of rotatable bonds is 1. The van der Waals surface area contributed by atoms with Gasteiger partial charge in [0.15, 0.2) is 0 Å². The van der Waals surface area contributed by atoms with Crippen molar-refractivity contribution in [3.8, 4) is 0 Å². The summed E-state index contributed by atoms with van der Waals surface area (Å²) in [6.07, 6.45) is 3.56. The SMILES string of the molecule is [NH]C(=S)Nn1cccc1. The van der Waals surface area contributed by atoms with Crippen LogP contribution in [0.2, 0.25) is 0 Å². The Morgan fingerprint density at radius 2 is 2.00 bits per heavy atom. The fourth-order valence-electron chi connectivity index (χ4n) is 0.526. The van der Waals surface area contributed by atoms with Gasteiger partial charge in [-0.25, -0.2) is 0 Å². The molecule has 0 saturated carbocycles. The van der Waals surface area contributed by atoms with Gasteiger partial charge in [0.25, 0.3) is 0 Å². The van der Waals surface area contributed by atoms with E-state index in [1.54, 1.807) is 17.1 Å². The third-order valence-corrected chi connectivity index (χ3v) is 0.926. The average molecular weight is 140 g/mol. The van der Waals surface area contributed by atoms with Gasteiger partial charge in [-0.15, -0.1) is 0 Å². The van der Waals surface area contributed by atoms with Crippen LogP contribution in [0.3, 0.4) is 0 Å². The molecular formula is C5H6N3S. The van der Waals surface area contributed by atoms with Gasteiger partial charge >= 0.3 is 0 Å². The molecule has 0 amide bonds. The zero-order valence-electron chi connectivity index (χ0n) is 4.66. The Kier molecular flexibility index (Phi) is 1.69. The number of thiocarbonyl (C=S) groups is 1. The Balaban J connectivity index is 2.58. The molecule has 47 valence electrons. The van der Waals surface area contributed by atoms with Crippen LogP contribution in [-0.4, -0.2) is 9.79 Å². The molecule has 0 saturated heterocycles. The fourth-order valence-corrected chi connectivity index (χ4v) is 0.632. The van der Waals surface area contributed by atoms with Crippen LogP contribution in [0.4, 0.5) is 0 Å². The number of hydrogen-bond acceptors (Lipinski definition) is 1. The number of nitrogens with zero attached hydrogens (tertiary/aromatic N) is 1. The van der Waals surface area contributed by atoms with Gasteiger partial charge in [-0.05, 0) is 24.4 Å². The second-order valence-corrected chi connectivity index (χ2v) is 1.94. The molecule has 0 aliphatic rings. The number of nitrogens with one attached hydrogen (secondary N) is 2. The molecule has 1 heterocycles. The quantitative estimate of drug-likeness (QED) is 0.580. The summed E-state index contributed by atoms with van der Waals surface area (Å²) in [7, 11) is 0. The Labute approximate surface area is 58.4 Å². The molecule has 0 aliphatic heterocycles. The van der Waals surface area contributed by atoms with Crippen LogP contribution in [0.1, 0.15) is 0 Å². The van der Waals surface area contributed by atoms with E-state index in [0.717, 1.165) is 0 Å². The molecule has 0 spiro atoms. The third-order valence-electron chi connectivity index (χ3n) is 0.835. The lowest BCUT2D eigenvalue weighted by Gasteiger charge is -2.00. The van der Waals surface area contributed by atoms with Crippen molar-refractivity contribution >= 4 is 17.3 Å². The van der Waals surface area contributed by atoms with E-state index in [1.807, 2.05) is 12.1 Å². The van der Waals surface area contributed by atoms with Crippen molar-refractivity contribution in [3.63, 3.8) is 0 Å². The van der Waals surface area contributed by atoms with Crippen LogP contribution in [0.5, 0.6) is 0 Å². The predicted octanol–water partition coefficient (Wildman–Crippen LogP) is 0.599. The monoisotopic (exact) mass is 140 g/mol. The van der Waals surface area contributed by atoms with E-state index in [0.29, 0.717) is 0 Å². The second kappa shape index (κ2) is 2.50. The minimum absolute atomic E-state index is 0.0196. The van der Waals surface area contributed by atoms with E-state index in [1.165, 1.54) is 0 Å². The van der Waals surface area contributed by atoms with Crippen LogP contribution in [-0.2, 0) is 0 Å². The topological polar surface area (TPSA) is 40.8 Å². The highest BCUT2D eigenvalue weighted by Gasteiger charge is 1.85. The summed E-state index contributed by atoms with van der Waals surface area (Å²) >= 11 is 4.48. The van der Waals surface area contributed by atoms with Crippen LogP contribution in [0.25, 0.3) is 0 Å². The molecule has 4 heteroatoms. The summed E-state index contributed by atoms with van der Waals surface area (Å²) in [5.41, 5.74) is 9.45. The minimum Gasteiger partial charge on any atom is -0.273 e. The summed E-state index contributed by atoms with van der Waals surface area (Å²) in [4.78, 5) is 0. The zero-order chi connectivity index (χ0) is 6.69. The Morgan fingerprint density at radius 1 is 1.44 bits per heavy atom.